The predicted molar refractivity (Wildman–Crippen MR) is 224 cm³/mol. The third kappa shape index (κ3) is 23.5. The molecule has 0 unspecified atom stereocenters. The topological polar surface area (TPSA) is 402 Å². The minimum atomic E-state index is -3.71. The number of hydrogen-bond donors (Lipinski definition) is 12. The number of nitrogens with one attached hydrogen (secondary N) is 6. The molecule has 0 aliphatic carbocycles. The van der Waals surface area contributed by atoms with Gasteiger partial charge < -0.3 is 74.7 Å². The number of amides is 6. The summed E-state index contributed by atoms with van der Waals surface area (Å²) < 4.78 is 22.8. The predicted octanol–water partition coefficient (Wildman–Crippen LogP) is -2.97. The van der Waals surface area contributed by atoms with Crippen molar-refractivity contribution in [2.45, 2.75) is 116 Å². The number of aliphatic carboxylic acids is 1. The number of hydrogen-bond acceptors (Lipinski definition) is 13. The van der Waals surface area contributed by atoms with Crippen molar-refractivity contribution in [2.75, 3.05) is 40.0 Å². The SMILES string of the molecule is COP(=O)(CC[C@H](NC(=O)[C@H](C)NC(=O)[C@H](CCCN=C(N)N)NC(=O)[C@H](CCCN=C(N)N)NC(=O)[C@@H](N)CC(C)C)C(=O)N[C@@H](CC(C)C)C(=O)NCC(=O)O)OC. The van der Waals surface area contributed by atoms with E-state index in [1.165, 1.54) is 6.92 Å². The normalized spacial score (nSPS) is 14.3. The minimum Gasteiger partial charge on any atom is -0.480 e. The molecule has 60 heavy (non-hydrogen) atoms. The largest absolute Gasteiger partial charge is 0.480 e. The summed E-state index contributed by atoms with van der Waals surface area (Å²) in [5.74, 6) is -6.45. The molecule has 0 saturated carbocycles. The summed E-state index contributed by atoms with van der Waals surface area (Å²) in [7, 11) is -1.44. The van der Waals surface area contributed by atoms with Gasteiger partial charge in [0.05, 0.1) is 12.2 Å². The highest BCUT2D eigenvalue weighted by atomic mass is 31.2. The maximum Gasteiger partial charge on any atom is 0.330 e. The lowest BCUT2D eigenvalue weighted by Gasteiger charge is -2.27. The van der Waals surface area contributed by atoms with E-state index >= 15 is 0 Å². The average Bonchev–Trinajstić information content (AvgIpc) is 3.16. The van der Waals surface area contributed by atoms with Crippen LogP contribution in [0.25, 0.3) is 0 Å². The van der Waals surface area contributed by atoms with Gasteiger partial charge in [-0.2, -0.15) is 0 Å². The Morgan fingerprint density at radius 1 is 0.600 bits per heavy atom. The number of carbonyl (C=O) groups is 7. The van der Waals surface area contributed by atoms with E-state index in [-0.39, 0.29) is 81.5 Å². The van der Waals surface area contributed by atoms with Crippen LogP contribution in [0.1, 0.15) is 79.6 Å². The Morgan fingerprint density at radius 2 is 1.02 bits per heavy atom. The first-order valence-corrected chi connectivity index (χ1v) is 21.3. The number of rotatable bonds is 30. The van der Waals surface area contributed by atoms with Crippen molar-refractivity contribution in [3.05, 3.63) is 0 Å². The molecule has 0 aliphatic heterocycles. The maximum absolute atomic E-state index is 13.7. The van der Waals surface area contributed by atoms with Gasteiger partial charge in [0, 0.05) is 27.3 Å². The first-order chi connectivity index (χ1) is 27.9. The molecule has 0 aromatic carbocycles. The highest BCUT2D eigenvalue weighted by molar-refractivity contribution is 7.53. The number of nitrogens with zero attached hydrogens (tertiary/aromatic N) is 2. The van der Waals surface area contributed by atoms with E-state index in [9.17, 15) is 38.1 Å². The van der Waals surface area contributed by atoms with Crippen LogP contribution in [0.4, 0.5) is 0 Å². The van der Waals surface area contributed by atoms with Crippen LogP contribution in [-0.2, 0) is 47.2 Å². The standard InChI is InChI=1S/C35H68N13O11P/c1-19(2)16-22(36)29(52)46-24(11-9-14-42-35(39)40)32(55)47-23(10-8-13-41-34(37)38)31(54)44-21(5)28(51)45-25(12-15-60(57,58-6)59-7)33(56)48-26(17-20(3)4)30(53)43-18-27(49)50/h19-26H,8-18,36H2,1-7H3,(H,43,53)(H,44,54)(H,45,51)(H,46,52)(H,47,55)(H,48,56)(H,49,50)(H4,37,38,41)(H4,39,40,42)/t21-,22-,23-,24-,25-,26-/m0/s1. The first kappa shape index (κ1) is 54.9. The van der Waals surface area contributed by atoms with Crippen LogP contribution in [0.3, 0.4) is 0 Å². The number of aliphatic imine (C=N–C) groups is 2. The molecule has 0 rings (SSSR count). The second-order valence-corrected chi connectivity index (χ2v) is 17.2. The van der Waals surface area contributed by atoms with E-state index in [0.29, 0.717) is 6.42 Å². The smallest absolute Gasteiger partial charge is 0.330 e. The number of carboxylic acid groups (broad SMARTS) is 1. The molecule has 0 aromatic rings. The Balaban J connectivity index is 6.42. The van der Waals surface area contributed by atoms with Gasteiger partial charge in [-0.1, -0.05) is 27.7 Å². The highest BCUT2D eigenvalue weighted by Crippen LogP contribution is 2.47. The van der Waals surface area contributed by atoms with Crippen LogP contribution in [-0.4, -0.2) is 135 Å². The zero-order chi connectivity index (χ0) is 46.2. The molecule has 0 heterocycles. The van der Waals surface area contributed by atoms with Crippen LogP contribution in [0.5, 0.6) is 0 Å². The summed E-state index contributed by atoms with van der Waals surface area (Å²) in [6.45, 7) is 8.12. The molecule has 0 aliphatic rings. The van der Waals surface area contributed by atoms with E-state index in [2.05, 4.69) is 41.9 Å². The Bertz CT molecular complexity index is 1530. The minimum absolute atomic E-state index is 0.0280. The molecule has 0 fully saturated rings. The van der Waals surface area contributed by atoms with Crippen molar-refractivity contribution in [3.63, 3.8) is 0 Å². The van der Waals surface area contributed by atoms with E-state index < -0.39 is 91.8 Å². The zero-order valence-corrected chi connectivity index (χ0v) is 36.5. The third-order valence-corrected chi connectivity index (χ3v) is 10.5. The van der Waals surface area contributed by atoms with Crippen LogP contribution < -0.4 is 60.6 Å². The maximum atomic E-state index is 13.7. The third-order valence-electron chi connectivity index (χ3n) is 8.61. The van der Waals surface area contributed by atoms with E-state index in [1.54, 1.807) is 13.8 Å². The fraction of sp³-hybridized carbons (Fsp3) is 0.743. The Morgan fingerprint density at radius 3 is 1.45 bits per heavy atom. The molecule has 0 radical (unpaired) electrons. The summed E-state index contributed by atoms with van der Waals surface area (Å²) in [5.41, 5.74) is 27.8. The molecule has 6 atom stereocenters. The molecule has 17 N–H and O–H groups in total. The molecular weight excluding hydrogens is 809 g/mol. The van der Waals surface area contributed by atoms with Crippen molar-refractivity contribution in [1.29, 1.82) is 0 Å². The van der Waals surface area contributed by atoms with E-state index in [0.717, 1.165) is 14.2 Å². The first-order valence-electron chi connectivity index (χ1n) is 19.5. The van der Waals surface area contributed by atoms with Gasteiger partial charge in [0.2, 0.25) is 35.4 Å². The van der Waals surface area contributed by atoms with E-state index in [1.807, 2.05) is 13.8 Å². The van der Waals surface area contributed by atoms with Crippen molar-refractivity contribution in [3.8, 4) is 0 Å². The second kappa shape index (κ2) is 28.4. The fourth-order valence-electron chi connectivity index (χ4n) is 5.46. The quantitative estimate of drug-likeness (QED) is 0.0148. The molecule has 25 heteroatoms. The van der Waals surface area contributed by atoms with E-state index in [4.69, 9.17) is 42.8 Å². The molecular formula is C35H68N13O11P. The lowest BCUT2D eigenvalue weighted by atomic mass is 10.0. The lowest BCUT2D eigenvalue weighted by molar-refractivity contribution is -0.138. The monoisotopic (exact) mass is 877 g/mol. The molecule has 344 valence electrons. The van der Waals surface area contributed by atoms with Gasteiger partial charge in [0.15, 0.2) is 11.9 Å². The summed E-state index contributed by atoms with van der Waals surface area (Å²) in [5, 5.41) is 24.0. The Kier molecular flexibility index (Phi) is 26.0. The van der Waals surface area contributed by atoms with Crippen molar-refractivity contribution < 1.29 is 52.3 Å². The highest BCUT2D eigenvalue weighted by Gasteiger charge is 2.33. The Hall–Kier alpha value is -5.06. The number of nitrogens with two attached hydrogens (primary N) is 5. The van der Waals surface area contributed by atoms with Gasteiger partial charge in [-0.3, -0.25) is 48.1 Å². The second-order valence-electron chi connectivity index (χ2n) is 14.8. The number of guanidine groups is 2. The number of carboxylic acids is 1. The Labute approximate surface area is 351 Å². The molecule has 0 bridgehead atoms. The van der Waals surface area contributed by atoms with Gasteiger partial charge in [-0.25, -0.2) is 0 Å². The van der Waals surface area contributed by atoms with Gasteiger partial charge in [0.1, 0.15) is 36.8 Å². The van der Waals surface area contributed by atoms with Crippen LogP contribution in [0, 0.1) is 11.8 Å². The molecule has 0 aromatic heterocycles. The van der Waals surface area contributed by atoms with Gasteiger partial charge >= 0.3 is 13.6 Å². The summed E-state index contributed by atoms with van der Waals surface area (Å²) >= 11 is 0. The molecule has 24 nitrogen and oxygen atoms in total. The molecule has 0 spiro atoms. The fourth-order valence-corrected chi connectivity index (χ4v) is 6.55. The van der Waals surface area contributed by atoms with Gasteiger partial charge in [-0.15, -0.1) is 0 Å². The van der Waals surface area contributed by atoms with Crippen LogP contribution >= 0.6 is 7.60 Å². The van der Waals surface area contributed by atoms with Crippen molar-refractivity contribution in [1.82, 2.24) is 31.9 Å². The van der Waals surface area contributed by atoms with Gasteiger partial charge in [0.25, 0.3) is 0 Å². The molecule has 0 saturated heterocycles. The summed E-state index contributed by atoms with van der Waals surface area (Å²) in [6.07, 6.45) is 0.254. The number of carbonyl (C=O) groups excluding carboxylic acids is 6. The van der Waals surface area contributed by atoms with Gasteiger partial charge in [-0.05, 0) is 63.7 Å². The average molecular weight is 878 g/mol. The molecule has 6 amide bonds. The summed E-state index contributed by atoms with van der Waals surface area (Å²) in [4.78, 5) is 99.3. The van der Waals surface area contributed by atoms with Crippen LogP contribution in [0.15, 0.2) is 9.98 Å². The lowest BCUT2D eigenvalue weighted by Crippen LogP contribution is -2.59. The summed E-state index contributed by atoms with van der Waals surface area (Å²) in [6, 6.07) is -7.40. The van der Waals surface area contributed by atoms with Crippen molar-refractivity contribution in [2.24, 2.45) is 50.5 Å². The van der Waals surface area contributed by atoms with Crippen molar-refractivity contribution >= 4 is 60.9 Å². The van der Waals surface area contributed by atoms with Crippen LogP contribution in [0.2, 0.25) is 0 Å². The zero-order valence-electron chi connectivity index (χ0n) is 35.7.